The van der Waals surface area contributed by atoms with Crippen LogP contribution in [0.3, 0.4) is 0 Å². The zero-order valence-electron chi connectivity index (χ0n) is 9.30. The number of rotatable bonds is 3. The van der Waals surface area contributed by atoms with Gasteiger partial charge in [0.05, 0.1) is 6.42 Å². The first-order chi connectivity index (χ1) is 7.77. The minimum absolute atomic E-state index is 0.161. The lowest BCUT2D eigenvalue weighted by Gasteiger charge is -2.36. The summed E-state index contributed by atoms with van der Waals surface area (Å²) in [6.45, 7) is 0.974. The molecule has 86 valence electrons. The van der Waals surface area contributed by atoms with E-state index < -0.39 is 5.97 Å². The normalized spacial score (nSPS) is 20.8. The summed E-state index contributed by atoms with van der Waals surface area (Å²) in [6.07, 6.45) is 3.53. The molecular formula is C13H17NO2. The molecule has 1 unspecified atom stereocenters. The molecule has 0 aromatic heterocycles. The summed E-state index contributed by atoms with van der Waals surface area (Å²) < 4.78 is 0. The molecule has 0 amide bonds. The van der Waals surface area contributed by atoms with E-state index in [-0.39, 0.29) is 12.5 Å². The Morgan fingerprint density at radius 1 is 1.31 bits per heavy atom. The van der Waals surface area contributed by atoms with Crippen molar-refractivity contribution in [3.63, 3.8) is 0 Å². The third-order valence-electron chi connectivity index (χ3n) is 3.13. The SMILES string of the molecule is O=C(O)CC1CCCCN1c1ccccc1. The summed E-state index contributed by atoms with van der Waals surface area (Å²) in [4.78, 5) is 13.1. The second-order valence-corrected chi connectivity index (χ2v) is 4.28. The molecule has 1 aliphatic heterocycles. The van der Waals surface area contributed by atoms with E-state index in [0.29, 0.717) is 0 Å². The van der Waals surface area contributed by atoms with Gasteiger partial charge in [0.1, 0.15) is 0 Å². The van der Waals surface area contributed by atoms with E-state index >= 15 is 0 Å². The summed E-state index contributed by atoms with van der Waals surface area (Å²) in [5.41, 5.74) is 1.15. The van der Waals surface area contributed by atoms with E-state index in [2.05, 4.69) is 17.0 Å². The van der Waals surface area contributed by atoms with Gasteiger partial charge in [0.2, 0.25) is 0 Å². The largest absolute Gasteiger partial charge is 0.481 e. The van der Waals surface area contributed by atoms with Crippen LogP contribution in [0.5, 0.6) is 0 Å². The Bertz CT molecular complexity index is 350. The fourth-order valence-corrected chi connectivity index (χ4v) is 2.37. The van der Waals surface area contributed by atoms with Crippen molar-refractivity contribution in [1.82, 2.24) is 0 Å². The molecule has 16 heavy (non-hydrogen) atoms. The standard InChI is InChI=1S/C13H17NO2/c15-13(16)10-12-8-4-5-9-14(12)11-6-2-1-3-7-11/h1-3,6-7,12H,4-5,8-10H2,(H,15,16). The number of carboxylic acids is 1. The Morgan fingerprint density at radius 3 is 2.75 bits per heavy atom. The average molecular weight is 219 g/mol. The number of piperidine rings is 1. The fourth-order valence-electron chi connectivity index (χ4n) is 2.37. The number of benzene rings is 1. The van der Waals surface area contributed by atoms with Crippen molar-refractivity contribution in [3.05, 3.63) is 30.3 Å². The summed E-state index contributed by atoms with van der Waals surface area (Å²) >= 11 is 0. The highest BCUT2D eigenvalue weighted by atomic mass is 16.4. The zero-order valence-corrected chi connectivity index (χ0v) is 9.30. The molecular weight excluding hydrogens is 202 g/mol. The summed E-state index contributed by atoms with van der Waals surface area (Å²) in [5.74, 6) is -0.701. The van der Waals surface area contributed by atoms with Crippen molar-refractivity contribution >= 4 is 11.7 Å². The molecule has 0 radical (unpaired) electrons. The molecule has 0 bridgehead atoms. The van der Waals surface area contributed by atoms with Gasteiger partial charge in [-0.1, -0.05) is 18.2 Å². The minimum atomic E-state index is -0.701. The number of nitrogens with zero attached hydrogens (tertiary/aromatic N) is 1. The van der Waals surface area contributed by atoms with Crippen molar-refractivity contribution in [3.8, 4) is 0 Å². The zero-order chi connectivity index (χ0) is 11.4. The Kier molecular flexibility index (Phi) is 3.44. The van der Waals surface area contributed by atoms with Crippen LogP contribution in [-0.2, 0) is 4.79 Å². The van der Waals surface area contributed by atoms with Gasteiger partial charge in [0.25, 0.3) is 0 Å². The van der Waals surface area contributed by atoms with Crippen molar-refractivity contribution in [2.45, 2.75) is 31.7 Å². The van der Waals surface area contributed by atoms with Crippen LogP contribution in [0.2, 0.25) is 0 Å². The molecule has 0 saturated carbocycles. The Balaban J connectivity index is 2.13. The highest BCUT2D eigenvalue weighted by Gasteiger charge is 2.24. The van der Waals surface area contributed by atoms with Crippen LogP contribution in [-0.4, -0.2) is 23.7 Å². The van der Waals surface area contributed by atoms with Gasteiger partial charge in [-0.3, -0.25) is 4.79 Å². The Hall–Kier alpha value is -1.51. The maximum atomic E-state index is 10.8. The lowest BCUT2D eigenvalue weighted by molar-refractivity contribution is -0.137. The lowest BCUT2D eigenvalue weighted by atomic mass is 9.98. The first kappa shape index (κ1) is 11.0. The van der Waals surface area contributed by atoms with Crippen molar-refractivity contribution in [2.24, 2.45) is 0 Å². The second kappa shape index (κ2) is 5.01. The van der Waals surface area contributed by atoms with Crippen LogP contribution in [0.1, 0.15) is 25.7 Å². The predicted molar refractivity (Wildman–Crippen MR) is 63.7 cm³/mol. The van der Waals surface area contributed by atoms with Crippen LogP contribution in [0.15, 0.2) is 30.3 Å². The number of carboxylic acid groups (broad SMARTS) is 1. The van der Waals surface area contributed by atoms with Crippen LogP contribution in [0.25, 0.3) is 0 Å². The number of aliphatic carboxylic acids is 1. The first-order valence-electron chi connectivity index (χ1n) is 5.81. The molecule has 1 aromatic rings. The lowest BCUT2D eigenvalue weighted by Crippen LogP contribution is -2.40. The van der Waals surface area contributed by atoms with Crippen LogP contribution in [0.4, 0.5) is 5.69 Å². The number of hydrogen-bond acceptors (Lipinski definition) is 2. The number of carbonyl (C=O) groups is 1. The molecule has 1 saturated heterocycles. The molecule has 1 fully saturated rings. The summed E-state index contributed by atoms with van der Waals surface area (Å²) in [5, 5.41) is 8.90. The minimum Gasteiger partial charge on any atom is -0.481 e. The van der Waals surface area contributed by atoms with Gasteiger partial charge < -0.3 is 10.0 Å². The predicted octanol–water partition coefficient (Wildman–Crippen LogP) is 2.52. The smallest absolute Gasteiger partial charge is 0.305 e. The van der Waals surface area contributed by atoms with Crippen molar-refractivity contribution in [2.75, 3.05) is 11.4 Å². The fraction of sp³-hybridized carbons (Fsp3) is 0.462. The van der Waals surface area contributed by atoms with Gasteiger partial charge in [0.15, 0.2) is 0 Å². The highest BCUT2D eigenvalue weighted by molar-refractivity contribution is 5.68. The quantitative estimate of drug-likeness (QED) is 0.849. The van der Waals surface area contributed by atoms with Gasteiger partial charge in [-0.05, 0) is 31.4 Å². The van der Waals surface area contributed by atoms with Crippen LogP contribution < -0.4 is 4.90 Å². The van der Waals surface area contributed by atoms with Gasteiger partial charge in [-0.2, -0.15) is 0 Å². The molecule has 1 N–H and O–H groups in total. The Labute approximate surface area is 95.7 Å². The highest BCUT2D eigenvalue weighted by Crippen LogP contribution is 2.26. The third kappa shape index (κ3) is 2.54. The second-order valence-electron chi connectivity index (χ2n) is 4.28. The van der Waals surface area contributed by atoms with E-state index in [0.717, 1.165) is 31.5 Å². The topological polar surface area (TPSA) is 40.5 Å². The number of para-hydroxylation sites is 1. The molecule has 0 aliphatic carbocycles. The molecule has 3 nitrogen and oxygen atoms in total. The van der Waals surface area contributed by atoms with Gasteiger partial charge in [0, 0.05) is 18.3 Å². The molecule has 3 heteroatoms. The molecule has 1 atom stereocenters. The van der Waals surface area contributed by atoms with Crippen molar-refractivity contribution < 1.29 is 9.90 Å². The third-order valence-corrected chi connectivity index (χ3v) is 3.13. The van der Waals surface area contributed by atoms with E-state index in [9.17, 15) is 4.79 Å². The molecule has 1 heterocycles. The monoisotopic (exact) mass is 219 g/mol. The van der Waals surface area contributed by atoms with E-state index in [4.69, 9.17) is 5.11 Å². The summed E-state index contributed by atoms with van der Waals surface area (Å²) in [6, 6.07) is 10.3. The van der Waals surface area contributed by atoms with Gasteiger partial charge >= 0.3 is 5.97 Å². The number of hydrogen-bond donors (Lipinski definition) is 1. The number of anilines is 1. The maximum absolute atomic E-state index is 10.8. The summed E-state index contributed by atoms with van der Waals surface area (Å²) in [7, 11) is 0. The van der Waals surface area contributed by atoms with Crippen molar-refractivity contribution in [1.29, 1.82) is 0 Å². The molecule has 2 rings (SSSR count). The maximum Gasteiger partial charge on any atom is 0.305 e. The van der Waals surface area contributed by atoms with Gasteiger partial charge in [-0.25, -0.2) is 0 Å². The van der Waals surface area contributed by atoms with E-state index in [1.165, 1.54) is 0 Å². The van der Waals surface area contributed by atoms with E-state index in [1.807, 2.05) is 18.2 Å². The van der Waals surface area contributed by atoms with Crippen LogP contribution >= 0.6 is 0 Å². The molecule has 1 aromatic carbocycles. The van der Waals surface area contributed by atoms with Gasteiger partial charge in [-0.15, -0.1) is 0 Å². The van der Waals surface area contributed by atoms with E-state index in [1.54, 1.807) is 0 Å². The first-order valence-corrected chi connectivity index (χ1v) is 5.81. The van der Waals surface area contributed by atoms with Crippen LogP contribution in [0, 0.1) is 0 Å². The Morgan fingerprint density at radius 2 is 2.06 bits per heavy atom. The molecule has 0 spiro atoms. The molecule has 1 aliphatic rings. The average Bonchev–Trinajstić information content (AvgIpc) is 2.30.